The summed E-state index contributed by atoms with van der Waals surface area (Å²) >= 11 is 2.08. The van der Waals surface area contributed by atoms with Crippen molar-refractivity contribution in [1.29, 1.82) is 0 Å². The minimum Gasteiger partial charge on any atom is -0.329 e. The van der Waals surface area contributed by atoms with E-state index >= 15 is 0 Å². The summed E-state index contributed by atoms with van der Waals surface area (Å²) in [6.45, 7) is 5.39. The van der Waals surface area contributed by atoms with Gasteiger partial charge in [-0.1, -0.05) is 26.2 Å². The van der Waals surface area contributed by atoms with Gasteiger partial charge < -0.3 is 5.73 Å². The largest absolute Gasteiger partial charge is 0.329 e. The molecule has 2 nitrogen and oxygen atoms in total. The first-order valence-corrected chi connectivity index (χ1v) is 7.80. The van der Waals surface area contributed by atoms with Gasteiger partial charge in [0, 0.05) is 23.9 Å². The highest BCUT2D eigenvalue weighted by atomic mass is 32.2. The molecule has 2 unspecified atom stereocenters. The minimum absolute atomic E-state index is 0.213. The molecule has 0 radical (unpaired) electrons. The lowest BCUT2D eigenvalue weighted by molar-refractivity contribution is 0.0924. The molecular weight excluding hydrogens is 216 g/mol. The fraction of sp³-hybridized carbons (Fsp3) is 1.00. The molecule has 96 valence electrons. The summed E-state index contributed by atoms with van der Waals surface area (Å²) in [6, 6.07) is 0.750. The van der Waals surface area contributed by atoms with Crippen LogP contribution in [-0.4, -0.2) is 41.6 Å². The van der Waals surface area contributed by atoms with Crippen molar-refractivity contribution in [2.45, 2.75) is 57.5 Å². The molecule has 0 aliphatic carbocycles. The summed E-state index contributed by atoms with van der Waals surface area (Å²) in [4.78, 5) is 2.56. The second-order valence-corrected chi connectivity index (χ2v) is 6.44. The van der Waals surface area contributed by atoms with Crippen molar-refractivity contribution in [3.05, 3.63) is 0 Å². The quantitative estimate of drug-likeness (QED) is 0.698. The topological polar surface area (TPSA) is 29.3 Å². The molecule has 1 fully saturated rings. The zero-order chi connectivity index (χ0) is 12.0. The van der Waals surface area contributed by atoms with Crippen LogP contribution in [-0.2, 0) is 0 Å². The van der Waals surface area contributed by atoms with Crippen LogP contribution in [0.15, 0.2) is 0 Å². The van der Waals surface area contributed by atoms with Gasteiger partial charge in [-0.05, 0) is 32.6 Å². The highest BCUT2D eigenvalue weighted by molar-refractivity contribution is 7.99. The number of rotatable bonds is 7. The van der Waals surface area contributed by atoms with Crippen LogP contribution < -0.4 is 5.73 Å². The monoisotopic (exact) mass is 244 g/mol. The number of unbranched alkanes of at least 4 members (excludes halogenated alkanes) is 2. The second-order valence-electron chi connectivity index (χ2n) is 5.29. The van der Waals surface area contributed by atoms with Crippen LogP contribution in [0.4, 0.5) is 0 Å². The van der Waals surface area contributed by atoms with E-state index in [1.54, 1.807) is 0 Å². The second kappa shape index (κ2) is 6.87. The average Bonchev–Trinajstić information content (AvgIpc) is 2.81. The molecular formula is C13H28N2S. The van der Waals surface area contributed by atoms with Crippen LogP contribution in [0.3, 0.4) is 0 Å². The zero-order valence-corrected chi connectivity index (χ0v) is 12.0. The molecule has 1 saturated heterocycles. The van der Waals surface area contributed by atoms with E-state index in [1.165, 1.54) is 43.6 Å². The Morgan fingerprint density at radius 1 is 1.44 bits per heavy atom. The van der Waals surface area contributed by atoms with E-state index < -0.39 is 0 Å². The Morgan fingerprint density at radius 3 is 2.69 bits per heavy atom. The van der Waals surface area contributed by atoms with E-state index in [1.807, 2.05) is 0 Å². The molecule has 0 aromatic heterocycles. The van der Waals surface area contributed by atoms with Crippen LogP contribution in [0, 0.1) is 0 Å². The van der Waals surface area contributed by atoms with Crippen LogP contribution in [0.2, 0.25) is 0 Å². The van der Waals surface area contributed by atoms with Crippen LogP contribution in [0.25, 0.3) is 0 Å². The summed E-state index contributed by atoms with van der Waals surface area (Å²) in [5.41, 5.74) is 6.22. The van der Waals surface area contributed by atoms with Gasteiger partial charge in [-0.25, -0.2) is 0 Å². The van der Waals surface area contributed by atoms with Crippen molar-refractivity contribution < 1.29 is 0 Å². The molecule has 1 rings (SSSR count). The summed E-state index contributed by atoms with van der Waals surface area (Å²) in [5, 5.41) is 0. The van der Waals surface area contributed by atoms with Crippen molar-refractivity contribution in [1.82, 2.24) is 4.90 Å². The number of thioether (sulfide) groups is 1. The maximum Gasteiger partial charge on any atom is 0.0303 e. The lowest BCUT2D eigenvalue weighted by Gasteiger charge is -2.42. The van der Waals surface area contributed by atoms with E-state index in [0.717, 1.165) is 12.6 Å². The normalized spacial score (nSPS) is 24.9. The van der Waals surface area contributed by atoms with Gasteiger partial charge >= 0.3 is 0 Å². The van der Waals surface area contributed by atoms with E-state index in [2.05, 4.69) is 37.6 Å². The van der Waals surface area contributed by atoms with Crippen LogP contribution in [0.5, 0.6) is 0 Å². The number of hydrogen-bond donors (Lipinski definition) is 1. The fourth-order valence-electron chi connectivity index (χ4n) is 2.45. The molecule has 16 heavy (non-hydrogen) atoms. The predicted octanol–water partition coefficient (Wildman–Crippen LogP) is 2.72. The molecule has 1 aliphatic rings. The molecule has 0 amide bonds. The Morgan fingerprint density at radius 2 is 2.19 bits per heavy atom. The number of hydrogen-bond acceptors (Lipinski definition) is 3. The number of nitrogens with zero attached hydrogens (tertiary/aromatic N) is 1. The Bertz CT molecular complexity index is 192. The molecule has 3 heteroatoms. The van der Waals surface area contributed by atoms with Crippen LogP contribution in [0.1, 0.15) is 46.0 Å². The fourth-order valence-corrected chi connectivity index (χ4v) is 3.71. The van der Waals surface area contributed by atoms with E-state index in [4.69, 9.17) is 5.73 Å². The third-order valence-electron chi connectivity index (χ3n) is 4.06. The smallest absolute Gasteiger partial charge is 0.0303 e. The molecule has 0 aromatic rings. The molecule has 0 aromatic carbocycles. The third-order valence-corrected chi connectivity index (χ3v) is 5.21. The summed E-state index contributed by atoms with van der Waals surface area (Å²) in [6.07, 6.45) is 6.53. The number of likely N-dealkylation sites (N-methyl/N-ethyl adjacent to an activating group) is 1. The van der Waals surface area contributed by atoms with Crippen molar-refractivity contribution in [3.8, 4) is 0 Å². The Labute approximate surface area is 105 Å². The molecule has 0 bridgehead atoms. The first kappa shape index (κ1) is 14.3. The van der Waals surface area contributed by atoms with Crippen molar-refractivity contribution in [2.75, 3.05) is 25.1 Å². The molecule has 1 heterocycles. The highest BCUT2D eigenvalue weighted by Gasteiger charge is 2.33. The standard InChI is InChI=1S/C13H28N2S/c1-4-5-6-8-13(2,11-14)15(3)12-7-9-16-10-12/h12H,4-11,14H2,1-3H3. The highest BCUT2D eigenvalue weighted by Crippen LogP contribution is 2.29. The summed E-state index contributed by atoms with van der Waals surface area (Å²) in [5.74, 6) is 2.62. The minimum atomic E-state index is 0.213. The van der Waals surface area contributed by atoms with Gasteiger partial charge in [0.25, 0.3) is 0 Å². The van der Waals surface area contributed by atoms with Gasteiger partial charge in [0.15, 0.2) is 0 Å². The lowest BCUT2D eigenvalue weighted by Crippen LogP contribution is -2.54. The third kappa shape index (κ3) is 3.64. The first-order chi connectivity index (χ1) is 7.64. The van der Waals surface area contributed by atoms with Gasteiger partial charge in [-0.3, -0.25) is 4.90 Å². The van der Waals surface area contributed by atoms with E-state index in [-0.39, 0.29) is 5.54 Å². The van der Waals surface area contributed by atoms with Gasteiger partial charge in [-0.2, -0.15) is 11.8 Å². The van der Waals surface area contributed by atoms with Crippen molar-refractivity contribution in [2.24, 2.45) is 5.73 Å². The molecule has 0 saturated carbocycles. The molecule has 2 atom stereocenters. The average molecular weight is 244 g/mol. The van der Waals surface area contributed by atoms with Crippen molar-refractivity contribution >= 4 is 11.8 Å². The molecule has 0 spiro atoms. The maximum absolute atomic E-state index is 6.01. The maximum atomic E-state index is 6.01. The van der Waals surface area contributed by atoms with Gasteiger partial charge in [0.05, 0.1) is 0 Å². The van der Waals surface area contributed by atoms with Crippen LogP contribution >= 0.6 is 11.8 Å². The Balaban J connectivity index is 2.48. The van der Waals surface area contributed by atoms with E-state index in [0.29, 0.717) is 0 Å². The molecule has 2 N–H and O–H groups in total. The Kier molecular flexibility index (Phi) is 6.16. The van der Waals surface area contributed by atoms with E-state index in [9.17, 15) is 0 Å². The first-order valence-electron chi connectivity index (χ1n) is 6.65. The molecule has 1 aliphatic heterocycles. The number of nitrogens with two attached hydrogens (primary N) is 1. The zero-order valence-electron chi connectivity index (χ0n) is 11.2. The summed E-state index contributed by atoms with van der Waals surface area (Å²) in [7, 11) is 2.27. The van der Waals surface area contributed by atoms with Gasteiger partial charge in [0.2, 0.25) is 0 Å². The Hall–Kier alpha value is 0.270. The predicted molar refractivity (Wildman–Crippen MR) is 75.1 cm³/mol. The van der Waals surface area contributed by atoms with Crippen molar-refractivity contribution in [3.63, 3.8) is 0 Å². The summed E-state index contributed by atoms with van der Waals surface area (Å²) < 4.78 is 0. The SMILES string of the molecule is CCCCCC(C)(CN)N(C)C1CCSC1. The van der Waals surface area contributed by atoms with Gasteiger partial charge in [-0.15, -0.1) is 0 Å². The lowest BCUT2D eigenvalue weighted by atomic mass is 9.91. The van der Waals surface area contributed by atoms with Gasteiger partial charge in [0.1, 0.15) is 0 Å².